The van der Waals surface area contributed by atoms with Crippen LogP contribution in [-0.4, -0.2) is 13.2 Å². The van der Waals surface area contributed by atoms with E-state index in [1.54, 1.807) is 6.26 Å². The minimum Gasteiger partial charge on any atom is -0.500 e. The van der Waals surface area contributed by atoms with Crippen molar-refractivity contribution >= 4 is 0 Å². The molecule has 0 aromatic rings. The molecule has 0 atom stereocenters. The molecule has 0 aliphatic heterocycles. The zero-order chi connectivity index (χ0) is 7.23. The number of ether oxygens (including phenoxy) is 1. The summed E-state index contributed by atoms with van der Waals surface area (Å²) in [6.45, 7) is 1.16. The summed E-state index contributed by atoms with van der Waals surface area (Å²) < 4.78 is 4.98. The molecule has 0 spiro atoms. The predicted octanol–water partition coefficient (Wildman–Crippen LogP) is 0.972. The van der Waals surface area contributed by atoms with Crippen molar-refractivity contribution in [3.05, 3.63) is 36.1 Å². The first kappa shape index (κ1) is 7.09. The zero-order valence-electron chi connectivity index (χ0n) is 5.79. The molecule has 0 aromatic carbocycles. The molecule has 0 heterocycles. The first-order chi connectivity index (χ1) is 4.93. The maximum atomic E-state index is 5.20. The van der Waals surface area contributed by atoms with E-state index in [1.807, 2.05) is 24.3 Å². The Morgan fingerprint density at radius 2 is 2.30 bits per heavy atom. The van der Waals surface area contributed by atoms with E-state index in [-0.39, 0.29) is 0 Å². The molecule has 1 aliphatic rings. The Bertz CT molecular complexity index is 172. The van der Waals surface area contributed by atoms with Crippen LogP contribution in [0, 0.1) is 0 Å². The third kappa shape index (κ3) is 3.10. The van der Waals surface area contributed by atoms with Gasteiger partial charge in [0.1, 0.15) is 0 Å². The second-order valence-corrected chi connectivity index (χ2v) is 1.99. The lowest BCUT2D eigenvalue weighted by molar-refractivity contribution is 0.259. The molecule has 2 heteroatoms. The van der Waals surface area contributed by atoms with Crippen molar-refractivity contribution in [1.82, 2.24) is 0 Å². The molecule has 54 valence electrons. The van der Waals surface area contributed by atoms with Gasteiger partial charge in [-0.15, -0.1) is 0 Å². The van der Waals surface area contributed by atoms with Gasteiger partial charge in [0.05, 0.1) is 12.9 Å². The molecule has 0 bridgehead atoms. The molecular weight excluding hydrogens is 126 g/mol. The third-order valence-corrected chi connectivity index (χ3v) is 1.06. The van der Waals surface area contributed by atoms with Crippen molar-refractivity contribution in [2.24, 2.45) is 5.73 Å². The van der Waals surface area contributed by atoms with Gasteiger partial charge >= 0.3 is 0 Å². The molecule has 10 heavy (non-hydrogen) atoms. The van der Waals surface area contributed by atoms with Gasteiger partial charge in [0.25, 0.3) is 0 Å². The monoisotopic (exact) mass is 137 g/mol. The predicted molar refractivity (Wildman–Crippen MR) is 41.4 cm³/mol. The van der Waals surface area contributed by atoms with E-state index in [9.17, 15) is 0 Å². The van der Waals surface area contributed by atoms with Crippen molar-refractivity contribution in [2.75, 3.05) is 13.2 Å². The number of nitrogens with two attached hydrogens (primary N) is 1. The Labute approximate surface area is 60.7 Å². The number of rotatable bonds is 4. The van der Waals surface area contributed by atoms with E-state index in [2.05, 4.69) is 0 Å². The van der Waals surface area contributed by atoms with Gasteiger partial charge in [-0.3, -0.25) is 0 Å². The summed E-state index contributed by atoms with van der Waals surface area (Å²) in [5.41, 5.74) is 6.45. The molecule has 1 aliphatic carbocycles. The lowest BCUT2D eigenvalue weighted by Crippen LogP contribution is -2.04. The highest BCUT2D eigenvalue weighted by Gasteiger charge is 1.93. The smallest absolute Gasteiger partial charge is 0.0995 e. The molecule has 0 fully saturated rings. The summed E-state index contributed by atoms with van der Waals surface area (Å²) >= 11 is 0. The largest absolute Gasteiger partial charge is 0.500 e. The molecule has 0 unspecified atom stereocenters. The highest BCUT2D eigenvalue weighted by Crippen LogP contribution is 2.12. The fourth-order valence-electron chi connectivity index (χ4n) is 0.501. The summed E-state index contributed by atoms with van der Waals surface area (Å²) in [4.78, 5) is 0. The van der Waals surface area contributed by atoms with Crippen LogP contribution in [0.15, 0.2) is 36.1 Å². The minimum absolute atomic E-state index is 0.569. The number of hydrogen-bond acceptors (Lipinski definition) is 2. The molecule has 0 radical (unpaired) electrons. The summed E-state index contributed by atoms with van der Waals surface area (Å²) in [6, 6.07) is 0. The SMILES string of the molecule is NCCO/C=C/C=C1C=C1. The quantitative estimate of drug-likeness (QED) is 0.463. The van der Waals surface area contributed by atoms with Crippen LogP contribution in [0.1, 0.15) is 0 Å². The van der Waals surface area contributed by atoms with Crippen LogP contribution >= 0.6 is 0 Å². The first-order valence-electron chi connectivity index (χ1n) is 3.30. The molecule has 2 nitrogen and oxygen atoms in total. The fraction of sp³-hybridized carbons (Fsp3) is 0.250. The summed E-state index contributed by atoms with van der Waals surface area (Å²) in [5, 5.41) is 0. The lowest BCUT2D eigenvalue weighted by atomic mass is 10.4. The molecule has 0 amide bonds. The van der Waals surface area contributed by atoms with E-state index in [1.165, 1.54) is 5.57 Å². The Morgan fingerprint density at radius 3 is 2.90 bits per heavy atom. The normalized spacial score (nSPS) is 14.3. The Kier molecular flexibility index (Phi) is 2.77. The average Bonchev–Trinajstić information content (AvgIpc) is 2.71. The molecule has 0 aromatic heterocycles. The van der Waals surface area contributed by atoms with Gasteiger partial charge in [0.15, 0.2) is 0 Å². The van der Waals surface area contributed by atoms with Gasteiger partial charge < -0.3 is 10.5 Å². The van der Waals surface area contributed by atoms with Crippen LogP contribution in [0.4, 0.5) is 0 Å². The number of allylic oxidation sites excluding steroid dienone is 5. The summed E-state index contributed by atoms with van der Waals surface area (Å²) in [5.74, 6) is 0. The summed E-state index contributed by atoms with van der Waals surface area (Å²) in [6.07, 6.45) is 9.57. The standard InChI is InChI=1S/C8H11NO/c9-5-7-10-6-1-2-8-3-4-8/h1-4,6H,5,7,9H2/b6-1+. The maximum absolute atomic E-state index is 5.20. The molecule has 0 saturated heterocycles. The van der Waals surface area contributed by atoms with Gasteiger partial charge in [-0.05, 0) is 11.6 Å². The van der Waals surface area contributed by atoms with Crippen molar-refractivity contribution in [3.63, 3.8) is 0 Å². The molecule has 2 N–H and O–H groups in total. The summed E-state index contributed by atoms with van der Waals surface area (Å²) in [7, 11) is 0. The third-order valence-electron chi connectivity index (χ3n) is 1.06. The fourth-order valence-corrected chi connectivity index (χ4v) is 0.501. The van der Waals surface area contributed by atoms with E-state index in [4.69, 9.17) is 10.5 Å². The van der Waals surface area contributed by atoms with Crippen molar-refractivity contribution in [2.45, 2.75) is 0 Å². The van der Waals surface area contributed by atoms with Gasteiger partial charge in [-0.25, -0.2) is 0 Å². The average molecular weight is 137 g/mol. The molecule has 0 saturated carbocycles. The van der Waals surface area contributed by atoms with Crippen molar-refractivity contribution in [1.29, 1.82) is 0 Å². The topological polar surface area (TPSA) is 35.2 Å². The van der Waals surface area contributed by atoms with Crippen LogP contribution in [0.3, 0.4) is 0 Å². The van der Waals surface area contributed by atoms with Crippen molar-refractivity contribution in [3.8, 4) is 0 Å². The van der Waals surface area contributed by atoms with E-state index in [0.717, 1.165) is 0 Å². The Balaban J connectivity index is 2.00. The maximum Gasteiger partial charge on any atom is 0.0995 e. The molecule has 1 rings (SSSR count). The highest BCUT2D eigenvalue weighted by molar-refractivity contribution is 5.48. The van der Waals surface area contributed by atoms with E-state index >= 15 is 0 Å². The van der Waals surface area contributed by atoms with Crippen LogP contribution < -0.4 is 5.73 Å². The highest BCUT2D eigenvalue weighted by atomic mass is 16.5. The van der Waals surface area contributed by atoms with E-state index in [0.29, 0.717) is 13.2 Å². The van der Waals surface area contributed by atoms with Crippen molar-refractivity contribution < 1.29 is 4.74 Å². The van der Waals surface area contributed by atoms with Gasteiger partial charge in [0, 0.05) is 6.54 Å². The lowest BCUT2D eigenvalue weighted by Gasteiger charge is -1.92. The van der Waals surface area contributed by atoms with Gasteiger partial charge in [-0.1, -0.05) is 18.2 Å². The van der Waals surface area contributed by atoms with Crippen LogP contribution in [0.2, 0.25) is 0 Å². The van der Waals surface area contributed by atoms with Crippen LogP contribution in [0.25, 0.3) is 0 Å². The van der Waals surface area contributed by atoms with Gasteiger partial charge in [0.2, 0.25) is 0 Å². The first-order valence-corrected chi connectivity index (χ1v) is 3.30. The van der Waals surface area contributed by atoms with Crippen LogP contribution in [0.5, 0.6) is 0 Å². The number of hydrogen-bond donors (Lipinski definition) is 1. The second kappa shape index (κ2) is 3.90. The minimum atomic E-state index is 0.569. The van der Waals surface area contributed by atoms with Crippen LogP contribution in [-0.2, 0) is 4.74 Å². The van der Waals surface area contributed by atoms with Gasteiger partial charge in [-0.2, -0.15) is 0 Å². The second-order valence-electron chi connectivity index (χ2n) is 1.99. The Hall–Kier alpha value is -1.02. The Morgan fingerprint density at radius 1 is 1.50 bits per heavy atom. The molecular formula is C8H11NO. The van der Waals surface area contributed by atoms with E-state index < -0.39 is 0 Å². The zero-order valence-corrected chi connectivity index (χ0v) is 5.79.